The Bertz CT molecular complexity index is 1080. The van der Waals surface area contributed by atoms with Crippen LogP contribution in [0.5, 0.6) is 11.5 Å². The average Bonchev–Trinajstić information content (AvgIpc) is 2.69. The number of nitrogens with zero attached hydrogens (tertiary/aromatic N) is 1. The van der Waals surface area contributed by atoms with Gasteiger partial charge >= 0.3 is 12.6 Å². The van der Waals surface area contributed by atoms with E-state index in [0.717, 1.165) is 0 Å². The lowest BCUT2D eigenvalue weighted by Crippen LogP contribution is -2.17. The Morgan fingerprint density at radius 2 is 1.93 bits per heavy atom. The summed E-state index contributed by atoms with van der Waals surface area (Å²) in [7, 11) is 0. The number of aromatic nitrogens is 2. The molecule has 1 aromatic heterocycles. The first-order chi connectivity index (χ1) is 13.9. The number of ether oxygens (including phenoxy) is 3. The molecule has 0 unspecified atom stereocenters. The molecular weight excluding hydrogens is 386 g/mol. The van der Waals surface area contributed by atoms with Gasteiger partial charge in [-0.3, -0.25) is 4.79 Å². The minimum atomic E-state index is -3.03. The monoisotopic (exact) mass is 404 g/mol. The molecule has 0 aliphatic rings. The van der Waals surface area contributed by atoms with Crippen LogP contribution in [0.2, 0.25) is 0 Å². The maximum atomic E-state index is 12.5. The molecule has 0 aliphatic heterocycles. The van der Waals surface area contributed by atoms with E-state index in [1.807, 2.05) is 0 Å². The lowest BCUT2D eigenvalue weighted by Gasteiger charge is -2.15. The van der Waals surface area contributed by atoms with Crippen LogP contribution in [-0.4, -0.2) is 29.2 Å². The number of fused-ring (bicyclic) bond motifs is 1. The molecule has 1 N–H and O–H groups in total. The zero-order chi connectivity index (χ0) is 21.0. The van der Waals surface area contributed by atoms with E-state index in [1.54, 1.807) is 38.1 Å². The van der Waals surface area contributed by atoms with Gasteiger partial charge in [0.25, 0.3) is 5.56 Å². The molecule has 9 heteroatoms. The zero-order valence-corrected chi connectivity index (χ0v) is 15.6. The van der Waals surface area contributed by atoms with Crippen LogP contribution in [0, 0.1) is 0 Å². The summed E-state index contributed by atoms with van der Waals surface area (Å²) in [4.78, 5) is 31.6. The van der Waals surface area contributed by atoms with Crippen LogP contribution in [0.4, 0.5) is 8.78 Å². The molecule has 0 bridgehead atoms. The zero-order valence-electron chi connectivity index (χ0n) is 15.6. The number of benzene rings is 2. The van der Waals surface area contributed by atoms with E-state index < -0.39 is 18.7 Å². The highest BCUT2D eigenvalue weighted by atomic mass is 19.3. The summed E-state index contributed by atoms with van der Waals surface area (Å²) in [6, 6.07) is 10.5. The molecule has 1 heterocycles. The van der Waals surface area contributed by atoms with Crippen molar-refractivity contribution in [3.63, 3.8) is 0 Å². The van der Waals surface area contributed by atoms with Crippen molar-refractivity contribution < 1.29 is 27.8 Å². The van der Waals surface area contributed by atoms with Crippen molar-refractivity contribution in [1.82, 2.24) is 9.97 Å². The van der Waals surface area contributed by atoms with Gasteiger partial charge in [-0.15, -0.1) is 0 Å². The smallest absolute Gasteiger partial charge is 0.387 e. The van der Waals surface area contributed by atoms with Crippen molar-refractivity contribution in [1.29, 1.82) is 0 Å². The number of carbonyl (C=O) groups is 1. The topological polar surface area (TPSA) is 90.5 Å². The summed E-state index contributed by atoms with van der Waals surface area (Å²) >= 11 is 0. The maximum absolute atomic E-state index is 12.5. The molecule has 0 fully saturated rings. The third-order valence-corrected chi connectivity index (χ3v) is 4.00. The Kier molecular flexibility index (Phi) is 6.06. The minimum absolute atomic E-state index is 0.00728. The summed E-state index contributed by atoms with van der Waals surface area (Å²) in [5.41, 5.74) is 0.201. The van der Waals surface area contributed by atoms with Crippen molar-refractivity contribution in [2.75, 3.05) is 6.61 Å². The van der Waals surface area contributed by atoms with Crippen molar-refractivity contribution in [3.8, 4) is 11.5 Å². The number of nitrogens with one attached hydrogen (secondary N) is 1. The van der Waals surface area contributed by atoms with Crippen LogP contribution in [0.25, 0.3) is 10.9 Å². The number of esters is 1. The van der Waals surface area contributed by atoms with Crippen LogP contribution in [0.1, 0.15) is 36.1 Å². The van der Waals surface area contributed by atoms with E-state index in [1.165, 1.54) is 18.2 Å². The number of aromatic amines is 1. The molecule has 0 amide bonds. The van der Waals surface area contributed by atoms with Crippen molar-refractivity contribution >= 4 is 16.9 Å². The summed E-state index contributed by atoms with van der Waals surface area (Å²) < 4.78 is 40.0. The van der Waals surface area contributed by atoms with Gasteiger partial charge in [-0.1, -0.05) is 12.1 Å². The second-order valence-corrected chi connectivity index (χ2v) is 5.99. The minimum Gasteiger partial charge on any atom is -0.490 e. The Hall–Kier alpha value is -3.49. The second kappa shape index (κ2) is 8.68. The number of H-pyrrole nitrogens is 1. The summed E-state index contributed by atoms with van der Waals surface area (Å²) in [5, 5.41) is 0.422. The predicted octanol–water partition coefficient (Wildman–Crippen LogP) is 3.84. The van der Waals surface area contributed by atoms with Crippen LogP contribution in [0.15, 0.2) is 47.3 Å². The number of hydrogen-bond donors (Lipinski definition) is 1. The van der Waals surface area contributed by atoms with E-state index in [0.29, 0.717) is 10.9 Å². The van der Waals surface area contributed by atoms with Gasteiger partial charge in [0.15, 0.2) is 23.4 Å². The number of para-hydroxylation sites is 1. The molecule has 0 saturated carbocycles. The van der Waals surface area contributed by atoms with Gasteiger partial charge < -0.3 is 19.2 Å². The number of carbonyl (C=O) groups excluding carboxylic acids is 1. The summed E-state index contributed by atoms with van der Waals surface area (Å²) in [6.45, 7) is 0.392. The average molecular weight is 404 g/mol. The highest BCUT2D eigenvalue weighted by Crippen LogP contribution is 2.30. The van der Waals surface area contributed by atoms with Crippen LogP contribution in [0.3, 0.4) is 0 Å². The van der Waals surface area contributed by atoms with Crippen molar-refractivity contribution in [2.24, 2.45) is 0 Å². The SMILES string of the molecule is CCOc1cc(C(=O)O[C@@H](C)c2nc3ccccc3c(=O)[nH]2)ccc1OC(F)F. The molecular formula is C20H18F2N2O5. The van der Waals surface area contributed by atoms with Crippen molar-refractivity contribution in [3.05, 3.63) is 64.2 Å². The fourth-order valence-corrected chi connectivity index (χ4v) is 2.68. The van der Waals surface area contributed by atoms with E-state index >= 15 is 0 Å². The molecule has 2 aromatic carbocycles. The number of rotatable bonds is 7. The van der Waals surface area contributed by atoms with E-state index in [-0.39, 0.29) is 35.1 Å². The van der Waals surface area contributed by atoms with E-state index in [4.69, 9.17) is 9.47 Å². The fourth-order valence-electron chi connectivity index (χ4n) is 2.68. The van der Waals surface area contributed by atoms with Gasteiger partial charge in [-0.2, -0.15) is 8.78 Å². The molecule has 1 atom stereocenters. The van der Waals surface area contributed by atoms with Gasteiger partial charge in [-0.05, 0) is 44.2 Å². The Balaban J connectivity index is 1.82. The highest BCUT2D eigenvalue weighted by Gasteiger charge is 2.19. The molecule has 29 heavy (non-hydrogen) atoms. The molecule has 152 valence electrons. The summed E-state index contributed by atoms with van der Waals surface area (Å²) in [5.74, 6) is -0.748. The first-order valence-electron chi connectivity index (χ1n) is 8.80. The van der Waals surface area contributed by atoms with Gasteiger partial charge in [-0.25, -0.2) is 9.78 Å². The van der Waals surface area contributed by atoms with Gasteiger partial charge in [0, 0.05) is 0 Å². The van der Waals surface area contributed by atoms with Crippen LogP contribution >= 0.6 is 0 Å². The molecule has 7 nitrogen and oxygen atoms in total. The molecule has 0 aliphatic carbocycles. The third-order valence-electron chi connectivity index (χ3n) is 4.00. The number of alkyl halides is 2. The number of hydrogen-bond acceptors (Lipinski definition) is 6. The van der Waals surface area contributed by atoms with Gasteiger partial charge in [0.2, 0.25) is 0 Å². The molecule has 3 rings (SSSR count). The second-order valence-electron chi connectivity index (χ2n) is 5.99. The van der Waals surface area contributed by atoms with E-state index in [2.05, 4.69) is 14.7 Å². The van der Waals surface area contributed by atoms with Crippen molar-refractivity contribution in [2.45, 2.75) is 26.6 Å². The van der Waals surface area contributed by atoms with E-state index in [9.17, 15) is 18.4 Å². The normalized spacial score (nSPS) is 12.0. The Morgan fingerprint density at radius 1 is 1.17 bits per heavy atom. The number of halogens is 2. The largest absolute Gasteiger partial charge is 0.490 e. The third kappa shape index (κ3) is 4.68. The summed E-state index contributed by atoms with van der Waals surface area (Å²) in [6.07, 6.45) is -0.854. The van der Waals surface area contributed by atoms with Crippen LogP contribution < -0.4 is 15.0 Å². The molecule has 3 aromatic rings. The predicted molar refractivity (Wildman–Crippen MR) is 100 cm³/mol. The maximum Gasteiger partial charge on any atom is 0.387 e. The van der Waals surface area contributed by atoms with Gasteiger partial charge in [0.1, 0.15) is 0 Å². The standard InChI is InChI=1S/C20H18F2N2O5/c1-3-27-16-10-12(8-9-15(16)29-20(21)22)19(26)28-11(2)17-23-14-7-5-4-6-13(14)18(25)24-17/h4-11,20H,3H2,1-2H3,(H,23,24,25)/t11-/m0/s1. The highest BCUT2D eigenvalue weighted by molar-refractivity contribution is 5.90. The Labute approximate surface area is 164 Å². The van der Waals surface area contributed by atoms with Gasteiger partial charge in [0.05, 0.1) is 23.1 Å². The van der Waals surface area contributed by atoms with Crippen LogP contribution in [-0.2, 0) is 4.74 Å². The molecule has 0 saturated heterocycles. The molecule has 0 radical (unpaired) electrons. The lowest BCUT2D eigenvalue weighted by atomic mass is 10.2. The Morgan fingerprint density at radius 3 is 2.66 bits per heavy atom. The first-order valence-corrected chi connectivity index (χ1v) is 8.80. The lowest BCUT2D eigenvalue weighted by molar-refractivity contribution is -0.0514. The molecule has 0 spiro atoms. The first kappa shape index (κ1) is 20.2. The quantitative estimate of drug-likeness (QED) is 0.602. The fraction of sp³-hybridized carbons (Fsp3) is 0.250.